The highest BCUT2D eigenvalue weighted by molar-refractivity contribution is 7.98. The van der Waals surface area contributed by atoms with Crippen LogP contribution in [0.15, 0.2) is 6.20 Å². The number of carbonyl (C=O) groups excluding carboxylic acids is 2. The second-order valence-corrected chi connectivity index (χ2v) is 5.62. The molecule has 1 aliphatic rings. The third-order valence-electron chi connectivity index (χ3n) is 3.31. The number of primary amides is 1. The van der Waals surface area contributed by atoms with Crippen molar-refractivity contribution in [2.75, 3.05) is 18.6 Å². The Hall–Kier alpha value is -1.54. The summed E-state index contributed by atoms with van der Waals surface area (Å²) in [5.41, 5.74) is 5.61. The molecule has 2 heterocycles. The van der Waals surface area contributed by atoms with Crippen LogP contribution in [-0.2, 0) is 17.9 Å². The van der Waals surface area contributed by atoms with Crippen LogP contribution < -0.4 is 5.73 Å². The normalized spacial score (nSPS) is 15.8. The first-order valence-corrected chi connectivity index (χ1v) is 7.74. The maximum absolute atomic E-state index is 12.1. The van der Waals surface area contributed by atoms with Gasteiger partial charge in [0, 0.05) is 13.1 Å². The SMILES string of the molecule is CSCC[C@H](O)C(=O)N1CCn2c(C(N)=O)cnc2C1. The van der Waals surface area contributed by atoms with Crippen molar-refractivity contribution in [2.24, 2.45) is 5.73 Å². The summed E-state index contributed by atoms with van der Waals surface area (Å²) >= 11 is 1.59. The van der Waals surface area contributed by atoms with Crippen molar-refractivity contribution in [2.45, 2.75) is 25.6 Å². The average molecular weight is 298 g/mol. The van der Waals surface area contributed by atoms with E-state index in [0.717, 1.165) is 5.75 Å². The first-order chi connectivity index (χ1) is 9.54. The molecule has 0 unspecified atom stereocenters. The third-order valence-corrected chi connectivity index (χ3v) is 3.95. The highest BCUT2D eigenvalue weighted by Gasteiger charge is 2.28. The standard InChI is InChI=1S/C12H18N4O3S/c1-20-5-2-9(17)12(19)15-3-4-16-8(11(13)18)6-14-10(16)7-15/h6,9,17H,2-5,7H2,1H3,(H2,13,18)/t9-/m0/s1. The van der Waals surface area contributed by atoms with Crippen molar-refractivity contribution >= 4 is 23.6 Å². The lowest BCUT2D eigenvalue weighted by atomic mass is 10.2. The fourth-order valence-electron chi connectivity index (χ4n) is 2.21. The minimum Gasteiger partial charge on any atom is -0.383 e. The number of aromatic nitrogens is 2. The van der Waals surface area contributed by atoms with E-state index in [0.29, 0.717) is 37.6 Å². The van der Waals surface area contributed by atoms with Gasteiger partial charge in [-0.25, -0.2) is 4.98 Å². The number of rotatable bonds is 5. The number of amides is 2. The maximum Gasteiger partial charge on any atom is 0.266 e. The highest BCUT2D eigenvalue weighted by atomic mass is 32.2. The van der Waals surface area contributed by atoms with Gasteiger partial charge in [0.2, 0.25) is 0 Å². The van der Waals surface area contributed by atoms with Crippen LogP contribution in [-0.4, -0.2) is 56.0 Å². The molecule has 3 N–H and O–H groups in total. The van der Waals surface area contributed by atoms with E-state index < -0.39 is 12.0 Å². The van der Waals surface area contributed by atoms with Crippen molar-refractivity contribution in [3.05, 3.63) is 17.7 Å². The molecular formula is C12H18N4O3S. The minimum atomic E-state index is -0.973. The lowest BCUT2D eigenvalue weighted by Crippen LogP contribution is -2.44. The molecule has 110 valence electrons. The van der Waals surface area contributed by atoms with Crippen LogP contribution in [0.25, 0.3) is 0 Å². The van der Waals surface area contributed by atoms with E-state index in [4.69, 9.17) is 5.73 Å². The topological polar surface area (TPSA) is 101 Å². The predicted octanol–water partition coefficient (Wildman–Crippen LogP) is -0.562. The molecular weight excluding hydrogens is 280 g/mol. The van der Waals surface area contributed by atoms with Crippen molar-refractivity contribution in [3.63, 3.8) is 0 Å². The Kier molecular flexibility index (Phi) is 4.66. The molecule has 0 saturated heterocycles. The van der Waals surface area contributed by atoms with Crippen LogP contribution in [0.2, 0.25) is 0 Å². The number of fused-ring (bicyclic) bond motifs is 1. The van der Waals surface area contributed by atoms with Crippen molar-refractivity contribution < 1.29 is 14.7 Å². The molecule has 1 aliphatic heterocycles. The zero-order valence-electron chi connectivity index (χ0n) is 11.3. The number of nitrogens with two attached hydrogens (primary N) is 1. The summed E-state index contributed by atoms with van der Waals surface area (Å²) in [7, 11) is 0. The lowest BCUT2D eigenvalue weighted by molar-refractivity contribution is -0.141. The first kappa shape index (κ1) is 14.9. The molecule has 0 aliphatic carbocycles. The molecule has 0 fully saturated rings. The molecule has 2 rings (SSSR count). The summed E-state index contributed by atoms with van der Waals surface area (Å²) in [6.45, 7) is 1.20. The maximum atomic E-state index is 12.1. The number of hydrogen-bond acceptors (Lipinski definition) is 5. The smallest absolute Gasteiger partial charge is 0.266 e. The van der Waals surface area contributed by atoms with Gasteiger partial charge < -0.3 is 20.3 Å². The third kappa shape index (κ3) is 2.96. The number of hydrogen-bond donors (Lipinski definition) is 2. The molecule has 1 aromatic rings. The molecule has 1 atom stereocenters. The molecule has 0 aromatic carbocycles. The van der Waals surface area contributed by atoms with E-state index in [1.54, 1.807) is 21.2 Å². The van der Waals surface area contributed by atoms with Gasteiger partial charge in [0.05, 0.1) is 12.7 Å². The van der Waals surface area contributed by atoms with Gasteiger partial charge in [-0.3, -0.25) is 9.59 Å². The van der Waals surface area contributed by atoms with Gasteiger partial charge >= 0.3 is 0 Å². The Bertz CT molecular complexity index is 517. The van der Waals surface area contributed by atoms with Crippen LogP contribution >= 0.6 is 11.8 Å². The molecule has 2 amide bonds. The summed E-state index contributed by atoms with van der Waals surface area (Å²) in [5, 5.41) is 9.84. The monoisotopic (exact) mass is 298 g/mol. The molecule has 7 nitrogen and oxygen atoms in total. The van der Waals surface area contributed by atoms with E-state index in [-0.39, 0.29) is 5.91 Å². The quantitative estimate of drug-likeness (QED) is 0.758. The Labute approximate surface area is 121 Å². The van der Waals surface area contributed by atoms with Crippen molar-refractivity contribution in [1.29, 1.82) is 0 Å². The fourth-order valence-corrected chi connectivity index (χ4v) is 2.67. The largest absolute Gasteiger partial charge is 0.383 e. The van der Waals surface area contributed by atoms with Crippen molar-refractivity contribution in [1.82, 2.24) is 14.5 Å². The predicted molar refractivity (Wildman–Crippen MR) is 75.2 cm³/mol. The Morgan fingerprint density at radius 1 is 1.55 bits per heavy atom. The average Bonchev–Trinajstić information content (AvgIpc) is 2.86. The number of aliphatic hydroxyl groups excluding tert-OH is 1. The van der Waals surface area contributed by atoms with E-state index >= 15 is 0 Å². The molecule has 0 saturated carbocycles. The van der Waals surface area contributed by atoms with Gasteiger partial charge in [-0.05, 0) is 18.4 Å². The first-order valence-electron chi connectivity index (χ1n) is 6.34. The summed E-state index contributed by atoms with van der Waals surface area (Å²) in [5.74, 6) is 0.550. The molecule has 20 heavy (non-hydrogen) atoms. The van der Waals surface area contributed by atoms with Crippen molar-refractivity contribution in [3.8, 4) is 0 Å². The van der Waals surface area contributed by atoms with Crippen LogP contribution in [0, 0.1) is 0 Å². The molecule has 0 bridgehead atoms. The highest BCUT2D eigenvalue weighted by Crippen LogP contribution is 2.16. The summed E-state index contributed by atoms with van der Waals surface area (Å²) in [6.07, 6.45) is 2.83. The molecule has 1 aromatic heterocycles. The van der Waals surface area contributed by atoms with Crippen LogP contribution in [0.3, 0.4) is 0 Å². The number of thioether (sulfide) groups is 1. The number of carbonyl (C=O) groups is 2. The summed E-state index contributed by atoms with van der Waals surface area (Å²) in [4.78, 5) is 29.0. The van der Waals surface area contributed by atoms with Gasteiger partial charge in [0.1, 0.15) is 17.6 Å². The van der Waals surface area contributed by atoms with Gasteiger partial charge in [0.15, 0.2) is 0 Å². The summed E-state index contributed by atoms with van der Waals surface area (Å²) < 4.78 is 1.72. The Balaban J connectivity index is 2.04. The van der Waals surface area contributed by atoms with E-state index in [9.17, 15) is 14.7 Å². The van der Waals surface area contributed by atoms with E-state index in [1.165, 1.54) is 6.20 Å². The molecule has 0 spiro atoms. The van der Waals surface area contributed by atoms with Gasteiger partial charge in [-0.15, -0.1) is 0 Å². The van der Waals surface area contributed by atoms with Crippen LogP contribution in [0.1, 0.15) is 22.7 Å². The van der Waals surface area contributed by atoms with Gasteiger partial charge in [-0.1, -0.05) is 0 Å². The lowest BCUT2D eigenvalue weighted by Gasteiger charge is -2.29. The van der Waals surface area contributed by atoms with Gasteiger partial charge in [0.25, 0.3) is 11.8 Å². The van der Waals surface area contributed by atoms with Crippen LogP contribution in [0.4, 0.5) is 0 Å². The second-order valence-electron chi connectivity index (χ2n) is 4.63. The zero-order chi connectivity index (χ0) is 14.7. The Morgan fingerprint density at radius 3 is 2.95 bits per heavy atom. The zero-order valence-corrected chi connectivity index (χ0v) is 12.1. The van der Waals surface area contributed by atoms with Crippen LogP contribution in [0.5, 0.6) is 0 Å². The van der Waals surface area contributed by atoms with Gasteiger partial charge in [-0.2, -0.15) is 11.8 Å². The molecule has 0 radical (unpaired) electrons. The summed E-state index contributed by atoms with van der Waals surface area (Å²) in [6, 6.07) is 0. The minimum absolute atomic E-state index is 0.283. The Morgan fingerprint density at radius 2 is 2.30 bits per heavy atom. The number of aliphatic hydroxyl groups is 1. The van der Waals surface area contributed by atoms with E-state index in [2.05, 4.69) is 4.98 Å². The number of nitrogens with zero attached hydrogens (tertiary/aromatic N) is 3. The second kappa shape index (κ2) is 6.27. The van der Waals surface area contributed by atoms with E-state index in [1.807, 2.05) is 6.26 Å². The molecule has 8 heteroatoms. The fraction of sp³-hybridized carbons (Fsp3) is 0.583. The number of imidazole rings is 1.